The van der Waals surface area contributed by atoms with Crippen molar-refractivity contribution in [2.45, 2.75) is 6.54 Å². The predicted octanol–water partition coefficient (Wildman–Crippen LogP) is 0.730. The molecule has 0 bridgehead atoms. The molecule has 0 saturated heterocycles. The first kappa shape index (κ1) is 12.2. The van der Waals surface area contributed by atoms with Crippen molar-refractivity contribution in [3.63, 3.8) is 0 Å². The van der Waals surface area contributed by atoms with Crippen LogP contribution in [0.2, 0.25) is 0 Å². The van der Waals surface area contributed by atoms with Gasteiger partial charge in [0.05, 0.1) is 12.1 Å². The molecule has 94 valence electrons. The number of carbonyl (C=O) groups is 1. The second kappa shape index (κ2) is 4.92. The van der Waals surface area contributed by atoms with Crippen LogP contribution >= 0.6 is 11.3 Å². The van der Waals surface area contributed by atoms with Crippen LogP contribution in [0.1, 0.15) is 16.1 Å². The lowest BCUT2D eigenvalue weighted by Gasteiger charge is -2.09. The van der Waals surface area contributed by atoms with E-state index in [9.17, 15) is 9.59 Å². The zero-order valence-electron chi connectivity index (χ0n) is 9.40. The van der Waals surface area contributed by atoms with Crippen LogP contribution in [-0.2, 0) is 6.54 Å². The van der Waals surface area contributed by atoms with E-state index in [1.807, 2.05) is 0 Å². The Kier molecular flexibility index (Phi) is 3.33. The van der Waals surface area contributed by atoms with Crippen LogP contribution in [0.25, 0.3) is 0 Å². The summed E-state index contributed by atoms with van der Waals surface area (Å²) in [5.41, 5.74) is 13.0. The molecule has 18 heavy (non-hydrogen) atoms. The number of thiazole rings is 1. The highest BCUT2D eigenvalue weighted by atomic mass is 32.1. The van der Waals surface area contributed by atoms with E-state index in [-0.39, 0.29) is 4.87 Å². The van der Waals surface area contributed by atoms with Gasteiger partial charge in [0.1, 0.15) is 0 Å². The second-order valence-corrected chi connectivity index (χ2v) is 4.54. The number of nitrogen functional groups attached to an aromatic ring is 1. The molecule has 6 nitrogen and oxygen atoms in total. The van der Waals surface area contributed by atoms with Gasteiger partial charge in [-0.15, -0.1) is 0 Å². The number of anilines is 2. The van der Waals surface area contributed by atoms with Crippen LogP contribution in [0.3, 0.4) is 0 Å². The van der Waals surface area contributed by atoms with E-state index in [0.29, 0.717) is 23.5 Å². The van der Waals surface area contributed by atoms with Gasteiger partial charge in [0.15, 0.2) is 0 Å². The summed E-state index contributed by atoms with van der Waals surface area (Å²) >= 11 is 1.09. The maximum atomic E-state index is 11.3. The summed E-state index contributed by atoms with van der Waals surface area (Å²) in [5.74, 6) is -0.552. The van der Waals surface area contributed by atoms with E-state index < -0.39 is 5.91 Å². The summed E-state index contributed by atoms with van der Waals surface area (Å²) in [6.45, 7) is 0.406. The Morgan fingerprint density at radius 3 is 2.83 bits per heavy atom. The van der Waals surface area contributed by atoms with Crippen LogP contribution in [0.15, 0.2) is 28.4 Å². The number of hydrogen-bond acceptors (Lipinski definition) is 5. The Bertz CT molecular complexity index is 632. The second-order valence-electron chi connectivity index (χ2n) is 3.70. The third kappa shape index (κ3) is 2.69. The predicted molar refractivity (Wildman–Crippen MR) is 71.6 cm³/mol. The van der Waals surface area contributed by atoms with Crippen LogP contribution in [-0.4, -0.2) is 10.9 Å². The molecule has 0 spiro atoms. The van der Waals surface area contributed by atoms with E-state index in [1.165, 1.54) is 6.07 Å². The molecule has 1 heterocycles. The highest BCUT2D eigenvalue weighted by molar-refractivity contribution is 7.07. The number of nitrogens with one attached hydrogen (secondary N) is 2. The van der Waals surface area contributed by atoms with Gasteiger partial charge >= 0.3 is 4.87 Å². The molecule has 2 rings (SSSR count). The average molecular weight is 264 g/mol. The zero-order chi connectivity index (χ0) is 13.1. The van der Waals surface area contributed by atoms with Gasteiger partial charge in [-0.05, 0) is 18.2 Å². The lowest BCUT2D eigenvalue weighted by molar-refractivity contribution is 0.100. The van der Waals surface area contributed by atoms with Crippen molar-refractivity contribution >= 4 is 28.6 Å². The molecule has 0 aliphatic heterocycles. The summed E-state index contributed by atoms with van der Waals surface area (Å²) < 4.78 is 0. The maximum Gasteiger partial charge on any atom is 0.304 e. The lowest BCUT2D eigenvalue weighted by Crippen LogP contribution is -2.15. The number of rotatable bonds is 4. The number of nitrogens with two attached hydrogens (primary N) is 2. The first-order chi connectivity index (χ1) is 8.56. The molecule has 0 fully saturated rings. The van der Waals surface area contributed by atoms with Gasteiger partial charge in [-0.3, -0.25) is 9.59 Å². The molecule has 0 aliphatic rings. The van der Waals surface area contributed by atoms with Crippen molar-refractivity contribution in [2.24, 2.45) is 5.73 Å². The fourth-order valence-electron chi connectivity index (χ4n) is 1.51. The van der Waals surface area contributed by atoms with Gasteiger partial charge in [0, 0.05) is 22.4 Å². The molecular weight excluding hydrogens is 252 g/mol. The smallest absolute Gasteiger partial charge is 0.304 e. The summed E-state index contributed by atoms with van der Waals surface area (Å²) in [7, 11) is 0. The Balaban J connectivity index is 2.18. The monoisotopic (exact) mass is 264 g/mol. The molecule has 0 atom stereocenters. The van der Waals surface area contributed by atoms with E-state index in [4.69, 9.17) is 11.5 Å². The molecule has 0 radical (unpaired) electrons. The van der Waals surface area contributed by atoms with E-state index >= 15 is 0 Å². The number of aromatic amines is 1. The van der Waals surface area contributed by atoms with Gasteiger partial charge in [0.25, 0.3) is 5.91 Å². The van der Waals surface area contributed by atoms with Crippen LogP contribution in [0, 0.1) is 0 Å². The molecule has 0 unspecified atom stereocenters. The van der Waals surface area contributed by atoms with Gasteiger partial charge in [-0.2, -0.15) is 0 Å². The van der Waals surface area contributed by atoms with Crippen LogP contribution in [0.5, 0.6) is 0 Å². The summed E-state index contributed by atoms with van der Waals surface area (Å²) in [6.07, 6.45) is 0. The van der Waals surface area contributed by atoms with Gasteiger partial charge in [-0.25, -0.2) is 0 Å². The molecule has 6 N–H and O–H groups in total. The molecule has 1 amide bonds. The number of benzene rings is 1. The number of aromatic nitrogens is 1. The summed E-state index contributed by atoms with van der Waals surface area (Å²) in [4.78, 5) is 24.8. The highest BCUT2D eigenvalue weighted by Gasteiger charge is 2.08. The third-order valence-corrected chi connectivity index (χ3v) is 3.07. The molecule has 1 aromatic heterocycles. The van der Waals surface area contributed by atoms with Crippen molar-refractivity contribution < 1.29 is 4.79 Å². The number of primary amides is 1. The third-order valence-electron chi connectivity index (χ3n) is 2.35. The van der Waals surface area contributed by atoms with Crippen molar-refractivity contribution in [3.05, 3.63) is 44.5 Å². The summed E-state index contributed by atoms with van der Waals surface area (Å²) in [6, 6.07) is 4.87. The van der Waals surface area contributed by atoms with E-state index in [2.05, 4.69) is 10.3 Å². The number of hydrogen-bond donors (Lipinski definition) is 4. The number of carbonyl (C=O) groups excluding carboxylic acids is 1. The summed E-state index contributed by atoms with van der Waals surface area (Å²) in [5, 5.41) is 4.75. The fraction of sp³-hybridized carbons (Fsp3) is 0.0909. The normalized spacial score (nSPS) is 10.2. The number of amides is 1. The van der Waals surface area contributed by atoms with E-state index in [0.717, 1.165) is 17.0 Å². The first-order valence-corrected chi connectivity index (χ1v) is 6.04. The topological polar surface area (TPSA) is 114 Å². The van der Waals surface area contributed by atoms with Crippen molar-refractivity contribution in [2.75, 3.05) is 11.1 Å². The lowest BCUT2D eigenvalue weighted by atomic mass is 10.1. The maximum absolute atomic E-state index is 11.3. The average Bonchev–Trinajstić information content (AvgIpc) is 2.73. The Morgan fingerprint density at radius 1 is 1.44 bits per heavy atom. The SMILES string of the molecule is NC(=O)c1cc(N)ccc1NCc1csc(=O)[nH]1. The van der Waals surface area contributed by atoms with Crippen molar-refractivity contribution in [1.82, 2.24) is 4.98 Å². The van der Waals surface area contributed by atoms with Crippen LogP contribution < -0.4 is 21.7 Å². The molecule has 2 aromatic rings. The quantitative estimate of drug-likeness (QED) is 0.609. The van der Waals surface area contributed by atoms with E-state index in [1.54, 1.807) is 17.5 Å². The van der Waals surface area contributed by atoms with Gasteiger partial charge in [0.2, 0.25) is 0 Å². The Labute approximate surface area is 107 Å². The molecule has 7 heteroatoms. The Hall–Kier alpha value is -2.28. The van der Waals surface area contributed by atoms with Gasteiger partial charge in [-0.1, -0.05) is 11.3 Å². The van der Waals surface area contributed by atoms with Gasteiger partial charge < -0.3 is 21.8 Å². The van der Waals surface area contributed by atoms with Crippen molar-refractivity contribution in [1.29, 1.82) is 0 Å². The molecule has 1 aromatic carbocycles. The number of H-pyrrole nitrogens is 1. The highest BCUT2D eigenvalue weighted by Crippen LogP contribution is 2.19. The molecular formula is C11H12N4O2S. The fourth-order valence-corrected chi connectivity index (χ4v) is 2.09. The van der Waals surface area contributed by atoms with Crippen molar-refractivity contribution in [3.8, 4) is 0 Å². The minimum atomic E-state index is -0.552. The zero-order valence-corrected chi connectivity index (χ0v) is 10.2. The molecule has 0 aliphatic carbocycles. The largest absolute Gasteiger partial charge is 0.399 e. The minimum Gasteiger partial charge on any atom is -0.399 e. The molecule has 0 saturated carbocycles. The first-order valence-electron chi connectivity index (χ1n) is 5.16. The minimum absolute atomic E-state index is 0.112. The standard InChI is InChI=1S/C11H12N4O2S/c12-6-1-2-9(8(3-6)10(13)16)14-4-7-5-18-11(17)15-7/h1-3,5,14H,4,12H2,(H2,13,16)(H,15,17). The van der Waals surface area contributed by atoms with Crippen LogP contribution in [0.4, 0.5) is 11.4 Å². The Morgan fingerprint density at radius 2 is 2.22 bits per heavy atom.